The molecule has 184 valence electrons. The van der Waals surface area contributed by atoms with Crippen molar-refractivity contribution in [1.82, 2.24) is 23.9 Å². The summed E-state index contributed by atoms with van der Waals surface area (Å²) in [6, 6.07) is 5.04. The third-order valence-electron chi connectivity index (χ3n) is 6.64. The number of benzene rings is 1. The van der Waals surface area contributed by atoms with Gasteiger partial charge in [0.05, 0.1) is 10.6 Å². The van der Waals surface area contributed by atoms with Crippen LogP contribution in [0.1, 0.15) is 57.1 Å². The minimum absolute atomic E-state index is 0.0821. The maximum Gasteiger partial charge on any atom is 0.277 e. The third kappa shape index (κ3) is 4.42. The first-order chi connectivity index (χ1) is 16.3. The second-order valence-electron chi connectivity index (χ2n) is 8.84. The molecule has 0 bridgehead atoms. The van der Waals surface area contributed by atoms with Crippen LogP contribution in [0.25, 0.3) is 16.9 Å². The van der Waals surface area contributed by atoms with E-state index in [0.29, 0.717) is 67.8 Å². The van der Waals surface area contributed by atoms with E-state index in [1.807, 2.05) is 20.8 Å². The van der Waals surface area contributed by atoms with Gasteiger partial charge in [-0.1, -0.05) is 26.8 Å². The summed E-state index contributed by atoms with van der Waals surface area (Å²) in [5, 5.41) is 14.1. The lowest BCUT2D eigenvalue weighted by Gasteiger charge is -2.30. The molecule has 0 aliphatic carbocycles. The fourth-order valence-electron chi connectivity index (χ4n) is 4.61. The number of H-pyrrole nitrogens is 1. The first-order valence-electron chi connectivity index (χ1n) is 12.1. The molecule has 3 heterocycles. The predicted octanol–water partition coefficient (Wildman–Crippen LogP) is 2.55. The Morgan fingerprint density at radius 1 is 1.15 bits per heavy atom. The van der Waals surface area contributed by atoms with Crippen LogP contribution < -0.4 is 5.56 Å². The normalized spacial score (nSPS) is 15.9. The number of piperidine rings is 1. The number of fused-ring (bicyclic) bond motifs is 1. The Labute approximate surface area is 199 Å². The molecule has 0 radical (unpaired) electrons. The Morgan fingerprint density at radius 2 is 1.88 bits per heavy atom. The highest BCUT2D eigenvalue weighted by atomic mass is 32.2. The highest BCUT2D eigenvalue weighted by Crippen LogP contribution is 2.29. The Morgan fingerprint density at radius 3 is 2.50 bits per heavy atom. The number of rotatable bonds is 8. The quantitative estimate of drug-likeness (QED) is 0.504. The lowest BCUT2D eigenvalue weighted by atomic mass is 10.00. The van der Waals surface area contributed by atoms with Gasteiger partial charge in [0, 0.05) is 31.7 Å². The Balaban J connectivity index is 1.81. The van der Waals surface area contributed by atoms with Gasteiger partial charge < -0.3 is 10.1 Å². The van der Waals surface area contributed by atoms with E-state index < -0.39 is 10.0 Å². The van der Waals surface area contributed by atoms with E-state index in [-0.39, 0.29) is 23.0 Å². The van der Waals surface area contributed by atoms with Gasteiger partial charge in [-0.05, 0) is 55.7 Å². The fourth-order valence-corrected chi connectivity index (χ4v) is 6.11. The molecule has 1 aromatic carbocycles. The smallest absolute Gasteiger partial charge is 0.277 e. The van der Waals surface area contributed by atoms with Crippen molar-refractivity contribution in [3.05, 3.63) is 45.6 Å². The number of nitrogens with one attached hydrogen (secondary N) is 1. The molecule has 0 saturated carbocycles. The number of hydrogen-bond donors (Lipinski definition) is 2. The fraction of sp³-hybridized carbons (Fsp3) is 0.542. The van der Waals surface area contributed by atoms with E-state index in [4.69, 9.17) is 5.10 Å². The molecule has 0 amide bonds. The van der Waals surface area contributed by atoms with Crippen LogP contribution in [0.4, 0.5) is 0 Å². The number of aromatic amines is 1. The van der Waals surface area contributed by atoms with Crippen molar-refractivity contribution in [3.63, 3.8) is 0 Å². The van der Waals surface area contributed by atoms with Crippen LogP contribution >= 0.6 is 0 Å². The average Bonchev–Trinajstić information content (AvgIpc) is 3.21. The van der Waals surface area contributed by atoms with Crippen LogP contribution in [-0.2, 0) is 29.3 Å². The van der Waals surface area contributed by atoms with Gasteiger partial charge in [0.2, 0.25) is 10.0 Å². The second-order valence-corrected chi connectivity index (χ2v) is 10.8. The van der Waals surface area contributed by atoms with Crippen molar-refractivity contribution in [1.29, 1.82) is 0 Å². The molecule has 1 aliphatic heterocycles. The molecule has 2 N–H and O–H groups in total. The molecule has 34 heavy (non-hydrogen) atoms. The summed E-state index contributed by atoms with van der Waals surface area (Å²) < 4.78 is 29.9. The largest absolute Gasteiger partial charge is 0.396 e. The molecule has 0 spiro atoms. The van der Waals surface area contributed by atoms with E-state index in [1.54, 1.807) is 22.7 Å². The molecule has 9 nitrogen and oxygen atoms in total. The molecular formula is C24H33N5O4S. The highest BCUT2D eigenvalue weighted by Gasteiger charge is 2.30. The monoisotopic (exact) mass is 487 g/mol. The zero-order valence-electron chi connectivity index (χ0n) is 20.0. The minimum Gasteiger partial charge on any atom is -0.396 e. The Hall–Kier alpha value is -2.56. The van der Waals surface area contributed by atoms with Gasteiger partial charge in [0.15, 0.2) is 11.3 Å². The van der Waals surface area contributed by atoms with Crippen molar-refractivity contribution >= 4 is 15.5 Å². The van der Waals surface area contributed by atoms with Gasteiger partial charge in [0.25, 0.3) is 5.56 Å². The van der Waals surface area contributed by atoms with Gasteiger partial charge >= 0.3 is 0 Å². The summed E-state index contributed by atoms with van der Waals surface area (Å²) >= 11 is 0. The molecule has 2 aromatic heterocycles. The third-order valence-corrected chi connectivity index (χ3v) is 8.53. The first-order valence-corrected chi connectivity index (χ1v) is 13.5. The maximum absolute atomic E-state index is 13.4. The summed E-state index contributed by atoms with van der Waals surface area (Å²) in [7, 11) is -3.71. The number of aliphatic hydroxyl groups is 1. The SMILES string of the molecule is CCCc1nc(CC)c2c(=O)[nH]c(-c3cc(S(=O)(=O)N4CCC(CO)CC4)ccc3CC)nn12. The van der Waals surface area contributed by atoms with Crippen molar-refractivity contribution in [2.45, 2.75) is 64.2 Å². The zero-order chi connectivity index (χ0) is 24.5. The van der Waals surface area contributed by atoms with Gasteiger partial charge in [-0.3, -0.25) is 4.79 Å². The number of aliphatic hydroxyl groups excluding tert-OH is 1. The topological polar surface area (TPSA) is 121 Å². The molecule has 10 heteroatoms. The van der Waals surface area contributed by atoms with Crippen LogP contribution in [0.15, 0.2) is 27.9 Å². The van der Waals surface area contributed by atoms with Crippen LogP contribution in [0.3, 0.4) is 0 Å². The standard InChI is InChI=1S/C24H33N5O4S/c1-4-7-21-25-20(6-3)22-24(31)26-23(27-29(21)22)19-14-18(9-8-17(19)5-2)34(32,33)28-12-10-16(15-30)11-13-28/h8-9,14,16,30H,4-7,10-13,15H2,1-3H3,(H,26,27,31). The summed E-state index contributed by atoms with van der Waals surface area (Å²) in [5.74, 6) is 1.21. The van der Waals surface area contributed by atoms with Crippen LogP contribution in [0, 0.1) is 5.92 Å². The second kappa shape index (κ2) is 9.97. The predicted molar refractivity (Wildman–Crippen MR) is 130 cm³/mol. The van der Waals surface area contributed by atoms with E-state index in [2.05, 4.69) is 9.97 Å². The Kier molecular flexibility index (Phi) is 7.20. The summed E-state index contributed by atoms with van der Waals surface area (Å²) in [6.45, 7) is 6.84. The van der Waals surface area contributed by atoms with Gasteiger partial charge in [-0.2, -0.15) is 4.31 Å². The summed E-state index contributed by atoms with van der Waals surface area (Å²) in [6.07, 6.45) is 4.12. The van der Waals surface area contributed by atoms with Crippen LogP contribution in [0.2, 0.25) is 0 Å². The number of imidazole rings is 1. The molecule has 0 unspecified atom stereocenters. The van der Waals surface area contributed by atoms with E-state index in [0.717, 1.165) is 17.8 Å². The van der Waals surface area contributed by atoms with E-state index in [9.17, 15) is 18.3 Å². The number of sulfonamides is 1. The highest BCUT2D eigenvalue weighted by molar-refractivity contribution is 7.89. The number of hydrogen-bond acceptors (Lipinski definition) is 6. The number of aromatic nitrogens is 4. The van der Waals surface area contributed by atoms with Crippen molar-refractivity contribution < 1.29 is 13.5 Å². The molecule has 3 aromatic rings. The molecule has 0 atom stereocenters. The van der Waals surface area contributed by atoms with Crippen molar-refractivity contribution in [3.8, 4) is 11.4 Å². The van der Waals surface area contributed by atoms with Gasteiger partial charge in [-0.15, -0.1) is 5.10 Å². The molecule has 1 fully saturated rings. The summed E-state index contributed by atoms with van der Waals surface area (Å²) in [5.41, 5.74) is 2.37. The molecule has 4 rings (SSSR count). The number of aryl methyl sites for hydroxylation is 3. The zero-order valence-corrected chi connectivity index (χ0v) is 20.9. The minimum atomic E-state index is -3.71. The Bertz CT molecular complexity index is 1340. The summed E-state index contributed by atoms with van der Waals surface area (Å²) in [4.78, 5) is 20.7. The van der Waals surface area contributed by atoms with E-state index >= 15 is 0 Å². The lowest BCUT2D eigenvalue weighted by molar-refractivity contribution is 0.170. The van der Waals surface area contributed by atoms with Crippen molar-refractivity contribution in [2.24, 2.45) is 5.92 Å². The maximum atomic E-state index is 13.4. The molecule has 1 saturated heterocycles. The van der Waals surface area contributed by atoms with Gasteiger partial charge in [0.1, 0.15) is 5.82 Å². The molecule has 1 aliphatic rings. The van der Waals surface area contributed by atoms with Gasteiger partial charge in [-0.25, -0.2) is 17.9 Å². The lowest BCUT2D eigenvalue weighted by Crippen LogP contribution is -2.39. The van der Waals surface area contributed by atoms with Crippen LogP contribution in [0.5, 0.6) is 0 Å². The van der Waals surface area contributed by atoms with Crippen LogP contribution in [-0.4, -0.2) is 57.1 Å². The number of nitrogens with zero attached hydrogens (tertiary/aromatic N) is 4. The average molecular weight is 488 g/mol. The first kappa shape index (κ1) is 24.6. The van der Waals surface area contributed by atoms with E-state index in [1.165, 1.54) is 4.31 Å². The van der Waals surface area contributed by atoms with Crippen molar-refractivity contribution in [2.75, 3.05) is 19.7 Å². The molecular weight excluding hydrogens is 454 g/mol.